The van der Waals surface area contributed by atoms with Gasteiger partial charge in [0, 0.05) is 12.1 Å². The number of rotatable bonds is 5. The Bertz CT molecular complexity index is 1060. The summed E-state index contributed by atoms with van der Waals surface area (Å²) in [6.07, 6.45) is 3.18. The van der Waals surface area contributed by atoms with Gasteiger partial charge in [0.2, 0.25) is 0 Å². The monoisotopic (exact) mass is 414 g/mol. The van der Waals surface area contributed by atoms with Gasteiger partial charge in [-0.05, 0) is 30.3 Å². The fourth-order valence-corrected chi connectivity index (χ4v) is 4.29. The van der Waals surface area contributed by atoms with Gasteiger partial charge in [-0.25, -0.2) is 0 Å². The van der Waals surface area contributed by atoms with E-state index in [1.54, 1.807) is 59.7 Å². The zero-order chi connectivity index (χ0) is 19.7. The van der Waals surface area contributed by atoms with Gasteiger partial charge in [-0.2, -0.15) is 0 Å². The molecule has 0 N–H and O–H groups in total. The standard InChI is InChI=1S/C19H14N2O5S2/c22-18-17(28-19(27)20(18)11-13-4-3-9-25-13)10-12-7-8-16(26-12)14-5-1-2-6-15(14)21(23)24/h1-10,19,27H,11H2/b17-10-. The van der Waals surface area contributed by atoms with Gasteiger partial charge in [0.05, 0.1) is 28.2 Å². The molecule has 1 aliphatic heterocycles. The van der Waals surface area contributed by atoms with Crippen LogP contribution in [0.2, 0.25) is 0 Å². The number of hydrogen-bond donors (Lipinski definition) is 1. The van der Waals surface area contributed by atoms with Crippen LogP contribution in [0, 0.1) is 10.1 Å². The molecule has 1 fully saturated rings. The molecule has 1 amide bonds. The molecule has 28 heavy (non-hydrogen) atoms. The van der Waals surface area contributed by atoms with E-state index in [9.17, 15) is 14.9 Å². The molecule has 3 aromatic rings. The van der Waals surface area contributed by atoms with E-state index in [2.05, 4.69) is 12.6 Å². The minimum Gasteiger partial charge on any atom is -0.467 e. The third-order valence-corrected chi connectivity index (χ3v) is 5.75. The van der Waals surface area contributed by atoms with Crippen LogP contribution in [0.5, 0.6) is 0 Å². The van der Waals surface area contributed by atoms with Gasteiger partial charge in [-0.3, -0.25) is 14.9 Å². The molecule has 0 saturated carbocycles. The quantitative estimate of drug-likeness (QED) is 0.280. The summed E-state index contributed by atoms with van der Waals surface area (Å²) < 4.78 is 10.7. The van der Waals surface area contributed by atoms with Crippen LogP contribution in [-0.2, 0) is 11.3 Å². The number of para-hydroxylation sites is 1. The molecule has 1 saturated heterocycles. The van der Waals surface area contributed by atoms with E-state index in [1.807, 2.05) is 0 Å². The first kappa shape index (κ1) is 18.5. The van der Waals surface area contributed by atoms with Gasteiger partial charge in [-0.1, -0.05) is 23.9 Å². The van der Waals surface area contributed by atoms with E-state index >= 15 is 0 Å². The Morgan fingerprint density at radius 2 is 2.04 bits per heavy atom. The number of benzene rings is 1. The van der Waals surface area contributed by atoms with E-state index in [4.69, 9.17) is 8.83 Å². The number of carbonyl (C=O) groups is 1. The van der Waals surface area contributed by atoms with E-state index < -0.39 is 4.92 Å². The number of nitro groups is 1. The van der Waals surface area contributed by atoms with Crippen molar-refractivity contribution in [2.75, 3.05) is 0 Å². The molecule has 7 nitrogen and oxygen atoms in total. The molecular formula is C19H14N2O5S2. The first-order valence-electron chi connectivity index (χ1n) is 8.26. The summed E-state index contributed by atoms with van der Waals surface area (Å²) in [5.74, 6) is 1.30. The number of carbonyl (C=O) groups excluding carboxylic acids is 1. The maximum Gasteiger partial charge on any atom is 0.280 e. The predicted octanol–water partition coefficient (Wildman–Crippen LogP) is 4.78. The molecule has 3 heterocycles. The molecule has 1 unspecified atom stereocenters. The van der Waals surface area contributed by atoms with Crippen molar-refractivity contribution in [1.82, 2.24) is 4.90 Å². The third kappa shape index (κ3) is 3.58. The van der Waals surface area contributed by atoms with E-state index in [-0.39, 0.29) is 16.3 Å². The van der Waals surface area contributed by atoms with Crippen molar-refractivity contribution >= 4 is 42.1 Å². The summed E-state index contributed by atoms with van der Waals surface area (Å²) in [5.41, 5.74) is 0.344. The number of thiol groups is 1. The lowest BCUT2D eigenvalue weighted by Crippen LogP contribution is -2.28. The number of nitrogens with zero attached hydrogens (tertiary/aromatic N) is 2. The van der Waals surface area contributed by atoms with Crippen molar-refractivity contribution < 1.29 is 18.6 Å². The highest BCUT2D eigenvalue weighted by Crippen LogP contribution is 2.39. The first-order chi connectivity index (χ1) is 13.5. The Labute approximate surface area is 169 Å². The highest BCUT2D eigenvalue weighted by atomic mass is 32.2. The summed E-state index contributed by atoms with van der Waals surface area (Å²) in [6, 6.07) is 13.2. The van der Waals surface area contributed by atoms with Gasteiger partial charge >= 0.3 is 0 Å². The Morgan fingerprint density at radius 1 is 1.21 bits per heavy atom. The van der Waals surface area contributed by atoms with Gasteiger partial charge in [0.15, 0.2) is 0 Å². The van der Waals surface area contributed by atoms with Crippen LogP contribution in [-0.4, -0.2) is 20.4 Å². The molecule has 0 spiro atoms. The Morgan fingerprint density at radius 3 is 2.79 bits per heavy atom. The van der Waals surface area contributed by atoms with Gasteiger partial charge in [-0.15, -0.1) is 12.6 Å². The van der Waals surface area contributed by atoms with E-state index in [0.717, 1.165) is 0 Å². The van der Waals surface area contributed by atoms with Crippen molar-refractivity contribution in [1.29, 1.82) is 0 Å². The fraction of sp³-hybridized carbons (Fsp3) is 0.105. The van der Waals surface area contributed by atoms with Crippen molar-refractivity contribution in [3.8, 4) is 11.3 Å². The molecular weight excluding hydrogens is 400 g/mol. The molecule has 9 heteroatoms. The topological polar surface area (TPSA) is 89.7 Å². The fourth-order valence-electron chi connectivity index (χ4n) is 2.83. The normalized spacial score (nSPS) is 18.2. The summed E-state index contributed by atoms with van der Waals surface area (Å²) >= 11 is 5.77. The zero-order valence-electron chi connectivity index (χ0n) is 14.3. The second-order valence-electron chi connectivity index (χ2n) is 5.94. The summed E-state index contributed by atoms with van der Waals surface area (Å²) in [4.78, 5) is 25.5. The lowest BCUT2D eigenvalue weighted by molar-refractivity contribution is -0.384. The number of hydrogen-bond acceptors (Lipinski definition) is 7. The maximum absolute atomic E-state index is 12.7. The number of nitro benzene ring substituents is 1. The lowest BCUT2D eigenvalue weighted by atomic mass is 10.1. The number of amides is 1. The molecule has 1 aromatic carbocycles. The van der Waals surface area contributed by atoms with E-state index in [0.29, 0.717) is 34.3 Å². The Balaban J connectivity index is 1.57. The van der Waals surface area contributed by atoms with Gasteiger partial charge in [0.1, 0.15) is 22.0 Å². The minimum atomic E-state index is -0.454. The van der Waals surface area contributed by atoms with Crippen LogP contribution in [0.3, 0.4) is 0 Å². The molecule has 2 aromatic heterocycles. The second kappa shape index (κ2) is 7.61. The van der Waals surface area contributed by atoms with E-state index in [1.165, 1.54) is 17.8 Å². The summed E-state index contributed by atoms with van der Waals surface area (Å²) in [6.45, 7) is 0.323. The number of thioether (sulfide) groups is 1. The van der Waals surface area contributed by atoms with Crippen LogP contribution < -0.4 is 0 Å². The minimum absolute atomic E-state index is 0.0394. The molecule has 1 aliphatic rings. The summed E-state index contributed by atoms with van der Waals surface area (Å²) in [7, 11) is 0. The SMILES string of the molecule is O=C1/C(=C/c2ccc(-c3ccccc3[N+](=O)[O-])o2)SC(S)N1Cc1ccco1. The average Bonchev–Trinajstić information content (AvgIpc) is 3.41. The molecule has 0 radical (unpaired) electrons. The van der Waals surface area contributed by atoms with Crippen molar-refractivity contribution in [2.45, 2.75) is 11.3 Å². The largest absolute Gasteiger partial charge is 0.467 e. The van der Waals surface area contributed by atoms with Crippen molar-refractivity contribution in [3.63, 3.8) is 0 Å². The van der Waals surface area contributed by atoms with Crippen LogP contribution in [0.25, 0.3) is 17.4 Å². The van der Waals surface area contributed by atoms with Gasteiger partial charge < -0.3 is 13.7 Å². The maximum atomic E-state index is 12.7. The average molecular weight is 414 g/mol. The van der Waals surface area contributed by atoms with Crippen LogP contribution in [0.15, 0.2) is 68.5 Å². The second-order valence-corrected chi connectivity index (χ2v) is 7.90. The Kier molecular flexibility index (Phi) is 5.01. The molecule has 1 atom stereocenters. The van der Waals surface area contributed by atoms with Crippen molar-refractivity contribution in [3.05, 3.63) is 81.3 Å². The predicted molar refractivity (Wildman–Crippen MR) is 108 cm³/mol. The highest BCUT2D eigenvalue weighted by molar-refractivity contribution is 8.14. The smallest absolute Gasteiger partial charge is 0.280 e. The van der Waals surface area contributed by atoms with Crippen LogP contribution in [0.1, 0.15) is 11.5 Å². The summed E-state index contributed by atoms with van der Waals surface area (Å²) in [5, 5.41) is 11.2. The third-order valence-electron chi connectivity index (χ3n) is 4.14. The molecule has 142 valence electrons. The molecule has 4 rings (SSSR count). The number of furan rings is 2. The Hall–Kier alpha value is -2.91. The zero-order valence-corrected chi connectivity index (χ0v) is 16.1. The van der Waals surface area contributed by atoms with Crippen LogP contribution >= 0.6 is 24.4 Å². The highest BCUT2D eigenvalue weighted by Gasteiger charge is 2.34. The van der Waals surface area contributed by atoms with Gasteiger partial charge in [0.25, 0.3) is 11.6 Å². The molecule has 0 aliphatic carbocycles. The lowest BCUT2D eigenvalue weighted by Gasteiger charge is -2.17. The molecule has 0 bridgehead atoms. The first-order valence-corrected chi connectivity index (χ1v) is 9.66. The van der Waals surface area contributed by atoms with Crippen LogP contribution in [0.4, 0.5) is 5.69 Å². The van der Waals surface area contributed by atoms with Crippen molar-refractivity contribution in [2.24, 2.45) is 0 Å².